The molecule has 20 heavy (non-hydrogen) atoms. The van der Waals surface area contributed by atoms with Crippen LogP contribution in [0.5, 0.6) is 5.75 Å². The quantitative estimate of drug-likeness (QED) is 0.887. The van der Waals surface area contributed by atoms with Gasteiger partial charge in [-0.1, -0.05) is 23.7 Å². The number of nitrogens with one attached hydrogen (secondary N) is 1. The highest BCUT2D eigenvalue weighted by Crippen LogP contribution is 2.21. The monoisotopic (exact) mass is 293 g/mol. The van der Waals surface area contributed by atoms with Gasteiger partial charge in [-0.25, -0.2) is 9.97 Å². The molecule has 1 heterocycles. The van der Waals surface area contributed by atoms with Crippen molar-refractivity contribution in [3.63, 3.8) is 0 Å². The number of rotatable bonds is 6. The second kappa shape index (κ2) is 7.07. The Morgan fingerprint density at radius 2 is 2.00 bits per heavy atom. The van der Waals surface area contributed by atoms with Crippen molar-refractivity contribution < 1.29 is 9.47 Å². The van der Waals surface area contributed by atoms with Crippen LogP contribution >= 0.6 is 11.6 Å². The van der Waals surface area contributed by atoms with Gasteiger partial charge in [0.25, 0.3) is 0 Å². The zero-order valence-electron chi connectivity index (χ0n) is 11.3. The van der Waals surface area contributed by atoms with Gasteiger partial charge >= 0.3 is 0 Å². The molecular formula is C14H16ClN3O2. The number of hydrogen-bond acceptors (Lipinski definition) is 5. The van der Waals surface area contributed by atoms with Crippen LogP contribution in [-0.4, -0.2) is 30.7 Å². The van der Waals surface area contributed by atoms with Crippen LogP contribution in [0.15, 0.2) is 36.7 Å². The lowest BCUT2D eigenvalue weighted by molar-refractivity contribution is 0.114. The smallest absolute Gasteiger partial charge is 0.222 e. The van der Waals surface area contributed by atoms with E-state index in [1.165, 1.54) is 0 Å². The summed E-state index contributed by atoms with van der Waals surface area (Å²) < 4.78 is 10.7. The number of benzene rings is 1. The summed E-state index contributed by atoms with van der Waals surface area (Å²) in [6.07, 6.45) is 2.97. The van der Waals surface area contributed by atoms with Gasteiger partial charge in [0.05, 0.1) is 30.6 Å². The number of methoxy groups -OCH3 is 2. The van der Waals surface area contributed by atoms with Gasteiger partial charge in [-0.15, -0.1) is 0 Å². The first kappa shape index (κ1) is 14.6. The normalized spacial score (nSPS) is 11.9. The molecule has 0 bridgehead atoms. The molecule has 0 aliphatic carbocycles. The van der Waals surface area contributed by atoms with Crippen LogP contribution in [-0.2, 0) is 4.74 Å². The molecule has 1 aromatic carbocycles. The first-order valence-electron chi connectivity index (χ1n) is 6.11. The van der Waals surface area contributed by atoms with Crippen LogP contribution < -0.4 is 10.1 Å². The Kier molecular flexibility index (Phi) is 5.15. The van der Waals surface area contributed by atoms with Gasteiger partial charge < -0.3 is 14.8 Å². The van der Waals surface area contributed by atoms with Crippen LogP contribution in [0.1, 0.15) is 11.7 Å². The third-order valence-electron chi connectivity index (χ3n) is 2.82. The number of hydrogen-bond donors (Lipinski definition) is 1. The summed E-state index contributed by atoms with van der Waals surface area (Å²) in [5.41, 5.74) is 1.02. The molecule has 0 fully saturated rings. The fraction of sp³-hybridized carbons (Fsp3) is 0.286. The predicted molar refractivity (Wildman–Crippen MR) is 78.3 cm³/mol. The van der Waals surface area contributed by atoms with E-state index < -0.39 is 0 Å². The van der Waals surface area contributed by atoms with Crippen LogP contribution in [0.2, 0.25) is 5.02 Å². The Morgan fingerprint density at radius 1 is 1.25 bits per heavy atom. The molecule has 5 nitrogen and oxygen atoms in total. The van der Waals surface area contributed by atoms with Crippen molar-refractivity contribution in [2.24, 2.45) is 0 Å². The number of anilines is 1. The van der Waals surface area contributed by atoms with Gasteiger partial charge in [-0.3, -0.25) is 0 Å². The topological polar surface area (TPSA) is 56.3 Å². The van der Waals surface area contributed by atoms with Gasteiger partial charge in [0, 0.05) is 13.7 Å². The number of halogens is 1. The molecular weight excluding hydrogens is 278 g/mol. The van der Waals surface area contributed by atoms with Crippen molar-refractivity contribution in [2.45, 2.75) is 6.10 Å². The van der Waals surface area contributed by atoms with Crippen molar-refractivity contribution in [3.05, 3.63) is 47.2 Å². The van der Waals surface area contributed by atoms with Crippen molar-refractivity contribution in [2.75, 3.05) is 26.1 Å². The van der Waals surface area contributed by atoms with E-state index in [2.05, 4.69) is 15.3 Å². The molecule has 0 saturated heterocycles. The molecule has 1 N–H and O–H groups in total. The minimum Gasteiger partial charge on any atom is -0.497 e. The average Bonchev–Trinajstić information content (AvgIpc) is 2.50. The minimum atomic E-state index is -0.121. The van der Waals surface area contributed by atoms with E-state index in [1.54, 1.807) is 26.6 Å². The molecule has 1 aromatic heterocycles. The maximum absolute atomic E-state index is 5.74. The van der Waals surface area contributed by atoms with Crippen molar-refractivity contribution in [1.82, 2.24) is 9.97 Å². The summed E-state index contributed by atoms with van der Waals surface area (Å²) in [6.45, 7) is 0.547. The molecule has 2 rings (SSSR count). The molecule has 1 atom stereocenters. The number of aromatic nitrogens is 2. The van der Waals surface area contributed by atoms with Gasteiger partial charge in [-0.2, -0.15) is 0 Å². The highest BCUT2D eigenvalue weighted by Gasteiger charge is 2.11. The van der Waals surface area contributed by atoms with Crippen LogP contribution in [0, 0.1) is 0 Å². The first-order valence-corrected chi connectivity index (χ1v) is 6.49. The summed E-state index contributed by atoms with van der Waals surface area (Å²) in [5.74, 6) is 1.31. The Hall–Kier alpha value is -1.85. The van der Waals surface area contributed by atoms with E-state index in [0.717, 1.165) is 11.3 Å². The van der Waals surface area contributed by atoms with Gasteiger partial charge in [0.15, 0.2) is 0 Å². The van der Waals surface area contributed by atoms with Crippen molar-refractivity contribution >= 4 is 17.5 Å². The lowest BCUT2D eigenvalue weighted by Crippen LogP contribution is -2.15. The number of ether oxygens (including phenoxy) is 2. The minimum absolute atomic E-state index is 0.121. The molecule has 0 amide bonds. The zero-order valence-corrected chi connectivity index (χ0v) is 12.1. The van der Waals surface area contributed by atoms with E-state index in [9.17, 15) is 0 Å². The van der Waals surface area contributed by atoms with Gasteiger partial charge in [-0.05, 0) is 17.7 Å². The Balaban J connectivity index is 2.03. The molecule has 6 heteroatoms. The fourth-order valence-corrected chi connectivity index (χ4v) is 1.86. The second-order valence-electron chi connectivity index (χ2n) is 4.11. The van der Waals surface area contributed by atoms with Crippen LogP contribution in [0.4, 0.5) is 5.95 Å². The van der Waals surface area contributed by atoms with Crippen molar-refractivity contribution in [3.8, 4) is 5.75 Å². The van der Waals surface area contributed by atoms with Crippen LogP contribution in [0.25, 0.3) is 0 Å². The van der Waals surface area contributed by atoms with E-state index in [-0.39, 0.29) is 6.10 Å². The maximum Gasteiger partial charge on any atom is 0.222 e. The van der Waals surface area contributed by atoms with E-state index in [1.807, 2.05) is 24.3 Å². The summed E-state index contributed by atoms with van der Waals surface area (Å²) in [4.78, 5) is 8.16. The Bertz CT molecular complexity index is 548. The molecule has 2 aromatic rings. The summed E-state index contributed by atoms with van der Waals surface area (Å²) in [7, 11) is 3.30. The second-order valence-corrected chi connectivity index (χ2v) is 4.54. The molecule has 0 aliphatic rings. The summed E-state index contributed by atoms with van der Waals surface area (Å²) >= 11 is 5.74. The molecule has 0 aliphatic heterocycles. The van der Waals surface area contributed by atoms with Crippen LogP contribution in [0.3, 0.4) is 0 Å². The Labute approximate surface area is 122 Å². The lowest BCUT2D eigenvalue weighted by Gasteiger charge is -2.17. The highest BCUT2D eigenvalue weighted by atomic mass is 35.5. The van der Waals surface area contributed by atoms with E-state index in [0.29, 0.717) is 17.5 Å². The van der Waals surface area contributed by atoms with E-state index >= 15 is 0 Å². The van der Waals surface area contributed by atoms with Gasteiger partial charge in [0.1, 0.15) is 5.75 Å². The Morgan fingerprint density at radius 3 is 2.65 bits per heavy atom. The summed E-state index contributed by atoms with van der Waals surface area (Å²) in [6, 6.07) is 7.75. The largest absolute Gasteiger partial charge is 0.497 e. The maximum atomic E-state index is 5.74. The molecule has 0 radical (unpaired) electrons. The van der Waals surface area contributed by atoms with Gasteiger partial charge in [0.2, 0.25) is 5.95 Å². The summed E-state index contributed by atoms with van der Waals surface area (Å²) in [5, 5.41) is 3.62. The SMILES string of the molecule is COc1cccc(C(CNc2ncc(Cl)cn2)OC)c1. The number of nitrogens with zero attached hydrogens (tertiary/aromatic N) is 2. The van der Waals surface area contributed by atoms with E-state index in [4.69, 9.17) is 21.1 Å². The standard InChI is InChI=1S/C14H16ClN3O2/c1-19-12-5-3-4-10(6-12)13(20-2)9-18-14-16-7-11(15)8-17-14/h3-8,13H,9H2,1-2H3,(H,16,17,18). The highest BCUT2D eigenvalue weighted by molar-refractivity contribution is 6.30. The van der Waals surface area contributed by atoms with Crippen molar-refractivity contribution in [1.29, 1.82) is 0 Å². The third-order valence-corrected chi connectivity index (χ3v) is 3.01. The fourth-order valence-electron chi connectivity index (χ4n) is 1.77. The zero-order chi connectivity index (χ0) is 14.4. The average molecular weight is 294 g/mol. The molecule has 1 unspecified atom stereocenters. The first-order chi connectivity index (χ1) is 9.72. The molecule has 0 spiro atoms. The predicted octanol–water partition coefficient (Wildman–Crippen LogP) is 2.94. The molecule has 0 saturated carbocycles. The third kappa shape index (κ3) is 3.82. The lowest BCUT2D eigenvalue weighted by atomic mass is 10.1. The molecule has 106 valence electrons.